The molecule has 0 unspecified atom stereocenters. The summed E-state index contributed by atoms with van der Waals surface area (Å²) in [7, 11) is 0. The first-order chi connectivity index (χ1) is 4.74. The fraction of sp³-hybridized carbons (Fsp3) is 0.500. The van der Waals surface area contributed by atoms with Crippen molar-refractivity contribution < 1.29 is 0 Å². The van der Waals surface area contributed by atoms with Crippen LogP contribution in [0.15, 0.2) is 0 Å². The molecule has 0 saturated carbocycles. The molecule has 0 aliphatic carbocycles. The van der Waals surface area contributed by atoms with Gasteiger partial charge in [0.05, 0.1) is 17.1 Å². The highest BCUT2D eigenvalue weighted by molar-refractivity contribution is 5.09. The van der Waals surface area contributed by atoms with Gasteiger partial charge in [-0.05, 0) is 20.3 Å². The summed E-state index contributed by atoms with van der Waals surface area (Å²) in [6.45, 7) is 5.96. The van der Waals surface area contributed by atoms with Gasteiger partial charge in [0, 0.05) is 0 Å². The lowest BCUT2D eigenvalue weighted by molar-refractivity contribution is 0.934. The van der Waals surface area contributed by atoms with E-state index in [1.807, 2.05) is 13.8 Å². The van der Waals surface area contributed by atoms with Crippen molar-refractivity contribution in [1.29, 1.82) is 0 Å². The zero-order valence-corrected chi connectivity index (χ0v) is 6.60. The Hall–Kier alpha value is -0.920. The molecule has 0 amide bonds. The molecule has 1 rings (SSSR count). The Morgan fingerprint density at radius 1 is 1.30 bits per heavy atom. The predicted octanol–water partition coefficient (Wildman–Crippen LogP) is 1.46. The summed E-state index contributed by atoms with van der Waals surface area (Å²) in [6.07, 6.45) is 3.78. The molecule has 0 aromatic carbocycles. The summed E-state index contributed by atoms with van der Waals surface area (Å²) < 4.78 is 0. The van der Waals surface area contributed by atoms with Crippen molar-refractivity contribution in [2.45, 2.75) is 27.2 Å². The molecule has 0 aliphatic heterocycles. The van der Waals surface area contributed by atoms with E-state index in [0.29, 0.717) is 0 Å². The molecule has 1 radical (unpaired) electrons. The van der Waals surface area contributed by atoms with Crippen molar-refractivity contribution in [2.24, 2.45) is 0 Å². The summed E-state index contributed by atoms with van der Waals surface area (Å²) in [6, 6.07) is 0. The van der Waals surface area contributed by atoms with Gasteiger partial charge >= 0.3 is 0 Å². The average Bonchev–Trinajstić information content (AvgIpc) is 1.95. The SMILES string of the molecule is CCc1[c]nc(C)c(C)n1. The summed E-state index contributed by atoms with van der Waals surface area (Å²) in [5, 5.41) is 0. The van der Waals surface area contributed by atoms with Gasteiger partial charge in [0.25, 0.3) is 0 Å². The molecule has 2 heteroatoms. The Kier molecular flexibility index (Phi) is 2.00. The van der Waals surface area contributed by atoms with E-state index in [4.69, 9.17) is 0 Å². The topological polar surface area (TPSA) is 25.8 Å². The van der Waals surface area contributed by atoms with Gasteiger partial charge in [-0.15, -0.1) is 0 Å². The van der Waals surface area contributed by atoms with Crippen LogP contribution in [0.25, 0.3) is 0 Å². The van der Waals surface area contributed by atoms with Gasteiger partial charge in [-0.3, -0.25) is 4.98 Å². The van der Waals surface area contributed by atoms with Crippen molar-refractivity contribution in [3.8, 4) is 0 Å². The third-order valence-electron chi connectivity index (χ3n) is 1.51. The first kappa shape index (κ1) is 7.19. The molecule has 53 valence electrons. The molecule has 0 spiro atoms. The minimum absolute atomic E-state index is 0.911. The normalized spacial score (nSPS) is 9.90. The minimum Gasteiger partial charge on any atom is -0.254 e. The summed E-state index contributed by atoms with van der Waals surface area (Å²) in [5.74, 6) is 0. The van der Waals surface area contributed by atoms with Gasteiger partial charge in [-0.1, -0.05) is 6.92 Å². The smallest absolute Gasteiger partial charge is 0.112 e. The summed E-state index contributed by atoms with van der Waals surface area (Å²) in [5.41, 5.74) is 2.93. The van der Waals surface area contributed by atoms with Crippen LogP contribution in [0.1, 0.15) is 24.0 Å². The van der Waals surface area contributed by atoms with E-state index in [0.717, 1.165) is 23.5 Å². The zero-order chi connectivity index (χ0) is 7.56. The molecular formula is C8H11N2. The maximum Gasteiger partial charge on any atom is 0.112 e. The fourth-order valence-electron chi connectivity index (χ4n) is 0.696. The van der Waals surface area contributed by atoms with Crippen LogP contribution in [0.2, 0.25) is 0 Å². The second-order valence-electron chi connectivity index (χ2n) is 2.31. The highest BCUT2D eigenvalue weighted by Gasteiger charge is 1.96. The fourth-order valence-corrected chi connectivity index (χ4v) is 0.696. The van der Waals surface area contributed by atoms with Crippen molar-refractivity contribution in [1.82, 2.24) is 9.97 Å². The summed E-state index contributed by atoms with van der Waals surface area (Å²) >= 11 is 0. The standard InChI is InChI=1S/C8H11N2/c1-4-8-5-9-6(2)7(3)10-8/h4H2,1-3H3. The van der Waals surface area contributed by atoms with E-state index in [9.17, 15) is 0 Å². The molecule has 0 fully saturated rings. The second kappa shape index (κ2) is 2.78. The lowest BCUT2D eigenvalue weighted by Gasteiger charge is -1.98. The van der Waals surface area contributed by atoms with Crippen molar-refractivity contribution in [3.63, 3.8) is 0 Å². The molecule has 10 heavy (non-hydrogen) atoms. The number of hydrogen-bond donors (Lipinski definition) is 0. The van der Waals surface area contributed by atoms with E-state index in [1.165, 1.54) is 0 Å². The van der Waals surface area contributed by atoms with Gasteiger partial charge < -0.3 is 0 Å². The van der Waals surface area contributed by atoms with Crippen LogP contribution < -0.4 is 0 Å². The number of hydrogen-bond acceptors (Lipinski definition) is 2. The number of rotatable bonds is 1. The number of aryl methyl sites for hydroxylation is 3. The molecule has 2 nitrogen and oxygen atoms in total. The Bertz CT molecular complexity index is 231. The van der Waals surface area contributed by atoms with Gasteiger partial charge in [0.2, 0.25) is 0 Å². The van der Waals surface area contributed by atoms with Crippen LogP contribution in [0.4, 0.5) is 0 Å². The molecule has 0 N–H and O–H groups in total. The lowest BCUT2D eigenvalue weighted by atomic mass is 10.3. The highest BCUT2D eigenvalue weighted by atomic mass is 14.8. The summed E-state index contributed by atoms with van der Waals surface area (Å²) in [4.78, 5) is 8.34. The second-order valence-corrected chi connectivity index (χ2v) is 2.31. The van der Waals surface area contributed by atoms with Crippen molar-refractivity contribution >= 4 is 0 Å². The third kappa shape index (κ3) is 1.32. The molecule has 0 saturated heterocycles. The van der Waals surface area contributed by atoms with Crippen LogP contribution in [0.3, 0.4) is 0 Å². The van der Waals surface area contributed by atoms with Crippen LogP contribution in [0.5, 0.6) is 0 Å². The van der Waals surface area contributed by atoms with Crippen LogP contribution >= 0.6 is 0 Å². The van der Waals surface area contributed by atoms with Gasteiger partial charge in [-0.2, -0.15) is 0 Å². The monoisotopic (exact) mass is 135 g/mol. The molecular weight excluding hydrogens is 124 g/mol. The van der Waals surface area contributed by atoms with Crippen molar-refractivity contribution in [2.75, 3.05) is 0 Å². The van der Waals surface area contributed by atoms with Crippen molar-refractivity contribution in [3.05, 3.63) is 23.3 Å². The first-order valence-corrected chi connectivity index (χ1v) is 3.46. The number of aromatic nitrogens is 2. The number of nitrogens with zero attached hydrogens (tertiary/aromatic N) is 2. The Labute approximate surface area is 61.3 Å². The zero-order valence-electron chi connectivity index (χ0n) is 6.60. The largest absolute Gasteiger partial charge is 0.254 e. The Balaban J connectivity index is 3.04. The third-order valence-corrected chi connectivity index (χ3v) is 1.51. The van der Waals surface area contributed by atoms with E-state index < -0.39 is 0 Å². The van der Waals surface area contributed by atoms with Crippen LogP contribution in [-0.4, -0.2) is 9.97 Å². The van der Waals surface area contributed by atoms with Gasteiger partial charge in [0.1, 0.15) is 6.20 Å². The van der Waals surface area contributed by atoms with Gasteiger partial charge in [0.15, 0.2) is 0 Å². The van der Waals surface area contributed by atoms with E-state index in [1.54, 1.807) is 0 Å². The van der Waals surface area contributed by atoms with Crippen LogP contribution in [-0.2, 0) is 6.42 Å². The van der Waals surface area contributed by atoms with Gasteiger partial charge in [-0.25, -0.2) is 4.98 Å². The maximum atomic E-state index is 4.27. The molecule has 0 atom stereocenters. The minimum atomic E-state index is 0.911. The molecule has 1 heterocycles. The van der Waals surface area contributed by atoms with Crippen LogP contribution in [0, 0.1) is 20.0 Å². The quantitative estimate of drug-likeness (QED) is 0.582. The Morgan fingerprint density at radius 3 is 2.50 bits per heavy atom. The molecule has 1 aromatic heterocycles. The molecule has 0 bridgehead atoms. The lowest BCUT2D eigenvalue weighted by Crippen LogP contribution is -1.96. The predicted molar refractivity (Wildman–Crippen MR) is 39.7 cm³/mol. The Morgan fingerprint density at radius 2 is 2.00 bits per heavy atom. The molecule has 1 aromatic rings. The average molecular weight is 135 g/mol. The van der Waals surface area contributed by atoms with E-state index in [-0.39, 0.29) is 0 Å². The maximum absolute atomic E-state index is 4.27. The molecule has 0 aliphatic rings. The highest BCUT2D eigenvalue weighted by Crippen LogP contribution is 1.99. The first-order valence-electron chi connectivity index (χ1n) is 3.46. The van der Waals surface area contributed by atoms with E-state index in [2.05, 4.69) is 23.1 Å². The van der Waals surface area contributed by atoms with E-state index >= 15 is 0 Å².